The summed E-state index contributed by atoms with van der Waals surface area (Å²) < 4.78 is 0. The van der Waals surface area contributed by atoms with Crippen molar-refractivity contribution < 1.29 is 14.7 Å². The van der Waals surface area contributed by atoms with Crippen LogP contribution in [0.4, 0.5) is 17.5 Å². The second-order valence-corrected chi connectivity index (χ2v) is 9.40. The molecule has 2 N–H and O–H groups in total. The number of rotatable bonds is 6. The first kappa shape index (κ1) is 22.9. The Morgan fingerprint density at radius 1 is 0.970 bits per heavy atom. The van der Waals surface area contributed by atoms with Crippen LogP contribution in [-0.4, -0.2) is 58.1 Å². The monoisotopic (exact) mass is 452 g/mol. The molecule has 0 unspecified atom stereocenters. The number of aromatic nitrogens is 3. The second kappa shape index (κ2) is 9.72. The van der Waals surface area contributed by atoms with E-state index >= 15 is 0 Å². The molecule has 4 rings (SSSR count). The zero-order valence-corrected chi connectivity index (χ0v) is 19.3. The van der Waals surface area contributed by atoms with Crippen LogP contribution >= 0.6 is 0 Å². The quantitative estimate of drug-likeness (QED) is 0.688. The minimum Gasteiger partial charge on any atom is -0.481 e. The number of piperidine rings is 2. The van der Waals surface area contributed by atoms with Crippen LogP contribution in [0.5, 0.6) is 0 Å². The lowest BCUT2D eigenvalue weighted by Crippen LogP contribution is -2.39. The fraction of sp³-hybridized carbons (Fsp3) is 0.542. The lowest BCUT2D eigenvalue weighted by atomic mass is 9.86. The van der Waals surface area contributed by atoms with Crippen LogP contribution in [0.1, 0.15) is 51.5 Å². The van der Waals surface area contributed by atoms with E-state index in [1.54, 1.807) is 32.4 Å². The molecule has 0 aromatic carbocycles. The molecule has 0 aliphatic carbocycles. The van der Waals surface area contributed by atoms with Gasteiger partial charge in [0, 0.05) is 38.3 Å². The first-order valence-corrected chi connectivity index (χ1v) is 11.7. The fourth-order valence-electron chi connectivity index (χ4n) is 4.36. The highest BCUT2D eigenvalue weighted by Gasteiger charge is 2.30. The van der Waals surface area contributed by atoms with Gasteiger partial charge in [0.25, 0.3) is 0 Å². The van der Waals surface area contributed by atoms with Crippen LogP contribution in [0.15, 0.2) is 30.7 Å². The third-order valence-electron chi connectivity index (χ3n) is 6.75. The van der Waals surface area contributed by atoms with Gasteiger partial charge >= 0.3 is 5.97 Å². The minimum atomic E-state index is -0.981. The second-order valence-electron chi connectivity index (χ2n) is 9.40. The molecule has 0 spiro atoms. The van der Waals surface area contributed by atoms with Crippen molar-refractivity contribution >= 4 is 29.3 Å². The topological polar surface area (TPSA) is 112 Å². The molecule has 2 saturated heterocycles. The standard InChI is InChI=1S/C24H32N6O3/c1-24(2,23(32)33)18-6-7-20(26-14-18)30-12-8-17(9-13-30)22(31)28-19-15-25-16-21(27-19)29-10-4-3-5-11-29/h6-7,14-17H,3-5,8-13H2,1-2H3,(H,32,33)(H,27,28,31). The lowest BCUT2D eigenvalue weighted by molar-refractivity contribution is -0.142. The van der Waals surface area contributed by atoms with Gasteiger partial charge in [0.05, 0.1) is 17.8 Å². The molecular weight excluding hydrogens is 420 g/mol. The van der Waals surface area contributed by atoms with Crippen LogP contribution in [0.2, 0.25) is 0 Å². The zero-order valence-electron chi connectivity index (χ0n) is 19.3. The molecular formula is C24H32N6O3. The van der Waals surface area contributed by atoms with Gasteiger partial charge in [0.2, 0.25) is 5.91 Å². The molecule has 0 saturated carbocycles. The number of pyridine rings is 1. The number of carboxylic acids is 1. The summed E-state index contributed by atoms with van der Waals surface area (Å²) >= 11 is 0. The van der Waals surface area contributed by atoms with Crippen molar-refractivity contribution in [3.8, 4) is 0 Å². The first-order chi connectivity index (χ1) is 15.8. The number of aliphatic carboxylic acids is 1. The zero-order chi connectivity index (χ0) is 23.4. The molecule has 0 radical (unpaired) electrons. The van der Waals surface area contributed by atoms with Crippen LogP contribution in [0, 0.1) is 5.92 Å². The van der Waals surface area contributed by atoms with E-state index in [0.717, 1.165) is 50.4 Å². The van der Waals surface area contributed by atoms with E-state index < -0.39 is 11.4 Å². The van der Waals surface area contributed by atoms with E-state index in [1.165, 1.54) is 6.42 Å². The van der Waals surface area contributed by atoms with Crippen LogP contribution in [0.3, 0.4) is 0 Å². The normalized spacial score (nSPS) is 17.6. The van der Waals surface area contributed by atoms with Gasteiger partial charge in [-0.1, -0.05) is 6.07 Å². The maximum absolute atomic E-state index is 12.8. The van der Waals surface area contributed by atoms with Gasteiger partial charge in [-0.15, -0.1) is 0 Å². The molecule has 33 heavy (non-hydrogen) atoms. The highest BCUT2D eigenvalue weighted by atomic mass is 16.4. The maximum Gasteiger partial charge on any atom is 0.313 e. The smallest absolute Gasteiger partial charge is 0.313 e. The summed E-state index contributed by atoms with van der Waals surface area (Å²) in [4.78, 5) is 42.0. The first-order valence-electron chi connectivity index (χ1n) is 11.7. The average molecular weight is 453 g/mol. The minimum absolute atomic E-state index is 0.0220. The SMILES string of the molecule is CC(C)(C(=O)O)c1ccc(N2CCC(C(=O)Nc3cncc(N4CCCCC4)n3)CC2)nc1. The predicted octanol–water partition coefficient (Wildman–Crippen LogP) is 3.08. The van der Waals surface area contributed by atoms with Crippen LogP contribution in [0.25, 0.3) is 0 Å². The Bertz CT molecular complexity index is 980. The van der Waals surface area contributed by atoms with Gasteiger partial charge in [0.1, 0.15) is 11.6 Å². The molecule has 9 nitrogen and oxygen atoms in total. The lowest BCUT2D eigenvalue weighted by Gasteiger charge is -2.32. The van der Waals surface area contributed by atoms with E-state index in [1.807, 2.05) is 12.1 Å². The molecule has 1 amide bonds. The van der Waals surface area contributed by atoms with E-state index in [0.29, 0.717) is 24.5 Å². The van der Waals surface area contributed by atoms with E-state index in [9.17, 15) is 14.7 Å². The molecule has 9 heteroatoms. The third kappa shape index (κ3) is 5.23. The fourth-order valence-corrected chi connectivity index (χ4v) is 4.36. The highest BCUT2D eigenvalue weighted by Crippen LogP contribution is 2.27. The Morgan fingerprint density at radius 3 is 2.30 bits per heavy atom. The molecule has 2 aliphatic heterocycles. The van der Waals surface area contributed by atoms with Crippen molar-refractivity contribution in [2.75, 3.05) is 41.3 Å². The van der Waals surface area contributed by atoms with Crippen LogP contribution in [-0.2, 0) is 15.0 Å². The molecule has 176 valence electrons. The van der Waals surface area contributed by atoms with Crippen molar-refractivity contribution in [1.29, 1.82) is 0 Å². The van der Waals surface area contributed by atoms with Crippen molar-refractivity contribution in [2.24, 2.45) is 5.92 Å². The molecule has 4 heterocycles. The Labute approximate surface area is 194 Å². The number of hydrogen-bond acceptors (Lipinski definition) is 7. The Morgan fingerprint density at radius 2 is 1.67 bits per heavy atom. The Hall–Kier alpha value is -3.23. The van der Waals surface area contributed by atoms with E-state index in [4.69, 9.17) is 0 Å². The van der Waals surface area contributed by atoms with Gasteiger partial charge in [-0.2, -0.15) is 0 Å². The van der Waals surface area contributed by atoms with Gasteiger partial charge in [-0.25, -0.2) is 9.97 Å². The number of amides is 1. The largest absolute Gasteiger partial charge is 0.481 e. The number of nitrogens with zero attached hydrogens (tertiary/aromatic N) is 5. The highest BCUT2D eigenvalue weighted by molar-refractivity contribution is 5.91. The van der Waals surface area contributed by atoms with Gasteiger partial charge in [-0.05, 0) is 57.6 Å². The van der Waals surface area contributed by atoms with Crippen molar-refractivity contribution in [2.45, 2.75) is 51.4 Å². The summed E-state index contributed by atoms with van der Waals surface area (Å²) in [6.07, 6.45) is 10.00. The van der Waals surface area contributed by atoms with Crippen molar-refractivity contribution in [1.82, 2.24) is 15.0 Å². The predicted molar refractivity (Wildman–Crippen MR) is 127 cm³/mol. The maximum atomic E-state index is 12.8. The van der Waals surface area contributed by atoms with Gasteiger partial charge in [0.15, 0.2) is 5.82 Å². The summed E-state index contributed by atoms with van der Waals surface area (Å²) in [5, 5.41) is 12.3. The van der Waals surface area contributed by atoms with Crippen LogP contribution < -0.4 is 15.1 Å². The molecule has 0 bridgehead atoms. The number of carbonyl (C=O) groups excluding carboxylic acids is 1. The number of carbonyl (C=O) groups is 2. The summed E-state index contributed by atoms with van der Waals surface area (Å²) in [6, 6.07) is 3.69. The van der Waals surface area contributed by atoms with Crippen molar-refractivity contribution in [3.05, 3.63) is 36.3 Å². The summed E-state index contributed by atoms with van der Waals surface area (Å²) in [6.45, 7) is 6.73. The Kier molecular flexibility index (Phi) is 6.76. The Balaban J connectivity index is 1.32. The molecule has 0 atom stereocenters. The summed E-state index contributed by atoms with van der Waals surface area (Å²) in [5.41, 5.74) is -0.314. The van der Waals surface area contributed by atoms with Gasteiger partial charge in [-0.3, -0.25) is 14.6 Å². The number of anilines is 3. The van der Waals surface area contributed by atoms with Crippen molar-refractivity contribution in [3.63, 3.8) is 0 Å². The third-order valence-corrected chi connectivity index (χ3v) is 6.75. The molecule has 2 aliphatic rings. The summed E-state index contributed by atoms with van der Waals surface area (Å²) in [7, 11) is 0. The van der Waals surface area contributed by atoms with Gasteiger partial charge < -0.3 is 20.2 Å². The molecule has 2 fully saturated rings. The number of carboxylic acid groups (broad SMARTS) is 1. The number of hydrogen-bond donors (Lipinski definition) is 2. The summed E-state index contributed by atoms with van der Waals surface area (Å²) in [5.74, 6) is 1.14. The molecule has 2 aromatic rings. The molecule has 2 aromatic heterocycles. The van der Waals surface area contributed by atoms with E-state index in [-0.39, 0.29) is 11.8 Å². The van der Waals surface area contributed by atoms with E-state index in [2.05, 4.69) is 30.1 Å². The average Bonchev–Trinajstić information content (AvgIpc) is 2.85. The number of nitrogens with one attached hydrogen (secondary N) is 1.